The van der Waals surface area contributed by atoms with Crippen molar-refractivity contribution in [1.82, 2.24) is 14.4 Å². The lowest BCUT2D eigenvalue weighted by atomic mass is 10.1. The third-order valence-corrected chi connectivity index (χ3v) is 5.66. The molecule has 0 bridgehead atoms. The van der Waals surface area contributed by atoms with Gasteiger partial charge in [-0.3, -0.25) is 9.59 Å². The van der Waals surface area contributed by atoms with Crippen LogP contribution >= 0.6 is 0 Å². The molecule has 0 fully saturated rings. The second kappa shape index (κ2) is 12.9. The first-order valence-corrected chi connectivity index (χ1v) is 11.9. The number of halogens is 1. The molecule has 0 atom stereocenters. The number of amides is 2. The van der Waals surface area contributed by atoms with Crippen LogP contribution in [0.3, 0.4) is 0 Å². The summed E-state index contributed by atoms with van der Waals surface area (Å²) in [5, 5.41) is 0. The summed E-state index contributed by atoms with van der Waals surface area (Å²) in [7, 11) is 1.60. The van der Waals surface area contributed by atoms with Gasteiger partial charge in [-0.15, -0.1) is 0 Å². The molecule has 0 aliphatic heterocycles. The topological polar surface area (TPSA) is 54.8 Å². The van der Waals surface area contributed by atoms with Gasteiger partial charge < -0.3 is 19.1 Å². The summed E-state index contributed by atoms with van der Waals surface area (Å²) < 4.78 is 21.1. The van der Waals surface area contributed by atoms with Gasteiger partial charge in [-0.05, 0) is 41.8 Å². The van der Waals surface area contributed by atoms with Crippen molar-refractivity contribution < 1.29 is 18.7 Å². The molecule has 0 N–H and O–H groups in total. The number of ether oxygens (including phenoxy) is 1. The summed E-state index contributed by atoms with van der Waals surface area (Å²) >= 11 is 0. The van der Waals surface area contributed by atoms with E-state index in [1.807, 2.05) is 50.4 Å². The molecule has 2 aromatic carbocycles. The Morgan fingerprint density at radius 2 is 1.77 bits per heavy atom. The van der Waals surface area contributed by atoms with E-state index in [9.17, 15) is 14.0 Å². The van der Waals surface area contributed by atoms with Crippen LogP contribution in [0, 0.1) is 11.7 Å². The van der Waals surface area contributed by atoms with Crippen molar-refractivity contribution in [3.05, 3.63) is 95.6 Å². The molecule has 0 saturated heterocycles. The SMILES string of the molecule is COCCN(Cc1cccn1Cc1ccccc1)C(=O)CN(CC(C)C)C(=O)c1cccc(F)c1. The van der Waals surface area contributed by atoms with Gasteiger partial charge in [0.05, 0.1) is 13.2 Å². The zero-order chi connectivity index (χ0) is 25.2. The van der Waals surface area contributed by atoms with Crippen LogP contribution in [0.25, 0.3) is 0 Å². The fraction of sp³-hybridized carbons (Fsp3) is 0.357. The highest BCUT2D eigenvalue weighted by Gasteiger charge is 2.24. The third kappa shape index (κ3) is 7.79. The maximum Gasteiger partial charge on any atom is 0.254 e. The molecule has 0 unspecified atom stereocenters. The molecule has 1 aromatic heterocycles. The quantitative estimate of drug-likeness (QED) is 0.386. The summed E-state index contributed by atoms with van der Waals surface area (Å²) in [4.78, 5) is 29.8. The van der Waals surface area contributed by atoms with Gasteiger partial charge >= 0.3 is 0 Å². The van der Waals surface area contributed by atoms with Crippen LogP contribution in [0.4, 0.5) is 4.39 Å². The van der Waals surface area contributed by atoms with Gasteiger partial charge in [-0.2, -0.15) is 0 Å². The minimum atomic E-state index is -0.479. The highest BCUT2D eigenvalue weighted by Crippen LogP contribution is 2.14. The molecule has 0 saturated carbocycles. The van der Waals surface area contributed by atoms with E-state index < -0.39 is 5.82 Å². The van der Waals surface area contributed by atoms with E-state index in [1.54, 1.807) is 18.1 Å². The van der Waals surface area contributed by atoms with E-state index >= 15 is 0 Å². The Morgan fingerprint density at radius 3 is 2.46 bits per heavy atom. The first-order valence-electron chi connectivity index (χ1n) is 11.9. The standard InChI is InChI=1S/C28H34FN3O3/c1-22(2)18-32(28(34)24-11-7-12-25(29)17-24)21-27(33)31(15-16-35-3)20-26-13-8-14-30(26)19-23-9-5-4-6-10-23/h4-14,17,22H,15-16,18-21H2,1-3H3. The molecule has 3 rings (SSSR count). The Morgan fingerprint density at radius 1 is 1.00 bits per heavy atom. The first kappa shape index (κ1) is 26.2. The van der Waals surface area contributed by atoms with E-state index in [1.165, 1.54) is 28.7 Å². The summed E-state index contributed by atoms with van der Waals surface area (Å²) in [6, 6.07) is 19.7. The number of hydrogen-bond donors (Lipinski definition) is 0. The number of carbonyl (C=O) groups excluding carboxylic acids is 2. The lowest BCUT2D eigenvalue weighted by Gasteiger charge is -2.29. The van der Waals surface area contributed by atoms with Crippen molar-refractivity contribution in [2.75, 3.05) is 33.4 Å². The number of aromatic nitrogens is 1. The number of nitrogens with zero attached hydrogens (tertiary/aromatic N) is 3. The molecule has 1 heterocycles. The maximum absolute atomic E-state index is 13.7. The van der Waals surface area contributed by atoms with E-state index in [0.717, 1.165) is 5.69 Å². The Kier molecular flexibility index (Phi) is 9.61. The van der Waals surface area contributed by atoms with Gasteiger partial charge in [0.15, 0.2) is 0 Å². The second-order valence-corrected chi connectivity index (χ2v) is 9.01. The van der Waals surface area contributed by atoms with Gasteiger partial charge in [0.2, 0.25) is 5.91 Å². The Hall–Kier alpha value is -3.45. The molecule has 0 aliphatic rings. The van der Waals surface area contributed by atoms with Crippen LogP contribution in [0.15, 0.2) is 72.9 Å². The number of hydrogen-bond acceptors (Lipinski definition) is 3. The van der Waals surface area contributed by atoms with Gasteiger partial charge in [0, 0.05) is 44.2 Å². The number of rotatable bonds is 12. The molecule has 186 valence electrons. The zero-order valence-corrected chi connectivity index (χ0v) is 20.7. The molecule has 3 aromatic rings. The van der Waals surface area contributed by atoms with Crippen molar-refractivity contribution in [3.63, 3.8) is 0 Å². The number of benzene rings is 2. The van der Waals surface area contributed by atoms with Crippen LogP contribution in [0.1, 0.15) is 35.5 Å². The summed E-state index contributed by atoms with van der Waals surface area (Å²) in [5.41, 5.74) is 2.40. The Balaban J connectivity index is 1.77. The molecule has 6 nitrogen and oxygen atoms in total. The largest absolute Gasteiger partial charge is 0.383 e. The second-order valence-electron chi connectivity index (χ2n) is 9.01. The summed E-state index contributed by atoms with van der Waals surface area (Å²) in [6.45, 7) is 6.15. The smallest absolute Gasteiger partial charge is 0.254 e. The molecule has 0 radical (unpaired) electrons. The van der Waals surface area contributed by atoms with Gasteiger partial charge in [0.1, 0.15) is 12.4 Å². The van der Waals surface area contributed by atoms with E-state index in [0.29, 0.717) is 32.8 Å². The molecule has 35 heavy (non-hydrogen) atoms. The molecule has 2 amide bonds. The fourth-order valence-electron chi connectivity index (χ4n) is 3.94. The number of carbonyl (C=O) groups is 2. The van der Waals surface area contributed by atoms with Crippen LogP contribution in [-0.4, -0.2) is 59.5 Å². The van der Waals surface area contributed by atoms with E-state index in [2.05, 4.69) is 16.7 Å². The fourth-order valence-corrected chi connectivity index (χ4v) is 3.94. The van der Waals surface area contributed by atoms with Crippen LogP contribution in [-0.2, 0) is 22.6 Å². The van der Waals surface area contributed by atoms with Gasteiger partial charge in [0.25, 0.3) is 5.91 Å². The van der Waals surface area contributed by atoms with Crippen molar-refractivity contribution in [3.8, 4) is 0 Å². The minimum Gasteiger partial charge on any atom is -0.383 e. The Bertz CT molecular complexity index is 1100. The molecule has 0 spiro atoms. The number of methoxy groups -OCH3 is 1. The van der Waals surface area contributed by atoms with Crippen LogP contribution in [0.5, 0.6) is 0 Å². The normalized spacial score (nSPS) is 11.0. The highest BCUT2D eigenvalue weighted by molar-refractivity contribution is 5.96. The third-order valence-electron chi connectivity index (χ3n) is 5.66. The summed E-state index contributed by atoms with van der Waals surface area (Å²) in [5.74, 6) is -0.867. The average Bonchev–Trinajstić information content (AvgIpc) is 3.27. The minimum absolute atomic E-state index is 0.0867. The molecular formula is C28H34FN3O3. The van der Waals surface area contributed by atoms with Crippen molar-refractivity contribution >= 4 is 11.8 Å². The van der Waals surface area contributed by atoms with Crippen molar-refractivity contribution in [2.24, 2.45) is 5.92 Å². The van der Waals surface area contributed by atoms with Crippen molar-refractivity contribution in [2.45, 2.75) is 26.9 Å². The van der Waals surface area contributed by atoms with Gasteiger partial charge in [-0.25, -0.2) is 4.39 Å². The molecular weight excluding hydrogens is 445 g/mol. The maximum atomic E-state index is 13.7. The van der Waals surface area contributed by atoms with E-state index in [4.69, 9.17) is 4.74 Å². The van der Waals surface area contributed by atoms with Gasteiger partial charge in [-0.1, -0.05) is 50.2 Å². The van der Waals surface area contributed by atoms with E-state index in [-0.39, 0.29) is 29.8 Å². The van der Waals surface area contributed by atoms with Crippen LogP contribution < -0.4 is 0 Å². The predicted octanol–water partition coefficient (Wildman–Crippen LogP) is 4.45. The lowest BCUT2D eigenvalue weighted by Crippen LogP contribution is -2.45. The highest BCUT2D eigenvalue weighted by atomic mass is 19.1. The lowest BCUT2D eigenvalue weighted by molar-refractivity contribution is -0.133. The average molecular weight is 480 g/mol. The van der Waals surface area contributed by atoms with Crippen molar-refractivity contribution in [1.29, 1.82) is 0 Å². The first-order chi connectivity index (χ1) is 16.9. The zero-order valence-electron chi connectivity index (χ0n) is 20.7. The predicted molar refractivity (Wildman–Crippen MR) is 134 cm³/mol. The molecule has 0 aliphatic carbocycles. The molecule has 7 heteroatoms. The monoisotopic (exact) mass is 479 g/mol. The van der Waals surface area contributed by atoms with Crippen LogP contribution in [0.2, 0.25) is 0 Å². The Labute approximate surface area is 206 Å². The summed E-state index contributed by atoms with van der Waals surface area (Å²) in [6.07, 6.45) is 2.00.